The van der Waals surface area contributed by atoms with Gasteiger partial charge < -0.3 is 20.7 Å². The Hall–Kier alpha value is -2.29. The quantitative estimate of drug-likeness (QED) is 0.222. The zero-order chi connectivity index (χ0) is 22.2. The second-order valence-corrected chi connectivity index (χ2v) is 8.79. The van der Waals surface area contributed by atoms with E-state index in [1.807, 2.05) is 12.1 Å². The molecule has 0 unspecified atom stereocenters. The minimum atomic E-state index is -0.0451. The van der Waals surface area contributed by atoms with Gasteiger partial charge in [0.05, 0.1) is 6.54 Å². The summed E-state index contributed by atoms with van der Waals surface area (Å²) in [7, 11) is 0. The summed E-state index contributed by atoms with van der Waals surface area (Å²) in [5, 5.41) is 9.74. The minimum absolute atomic E-state index is 0. The molecule has 2 aliphatic rings. The molecule has 0 aromatic heterocycles. The summed E-state index contributed by atoms with van der Waals surface area (Å²) >= 11 is 0. The predicted octanol–water partition coefficient (Wildman–Crippen LogP) is 3.79. The molecule has 2 aromatic rings. The van der Waals surface area contributed by atoms with E-state index in [1.165, 1.54) is 24.0 Å². The number of nitrogens with one attached hydrogen (secondary N) is 3. The van der Waals surface area contributed by atoms with E-state index in [0.29, 0.717) is 6.04 Å². The molecule has 0 spiro atoms. The molecule has 33 heavy (non-hydrogen) atoms. The third-order valence-corrected chi connectivity index (χ3v) is 6.07. The number of guanidine groups is 1. The largest absolute Gasteiger partial charge is 0.484 e. The first-order chi connectivity index (χ1) is 15.7. The fraction of sp³-hybridized carbons (Fsp3) is 0.462. The molecular formula is C26H35IN4O2. The molecular weight excluding hydrogens is 527 g/mol. The van der Waals surface area contributed by atoms with E-state index in [2.05, 4.69) is 65.3 Å². The highest BCUT2D eigenvalue weighted by Crippen LogP contribution is 2.48. The zero-order valence-corrected chi connectivity index (χ0v) is 21.6. The molecule has 0 atom stereocenters. The average Bonchev–Trinajstić information content (AvgIpc) is 3.74. The Kier molecular flexibility index (Phi) is 9.41. The second-order valence-electron chi connectivity index (χ2n) is 8.79. The third kappa shape index (κ3) is 7.91. The summed E-state index contributed by atoms with van der Waals surface area (Å²) < 4.78 is 5.58. The average molecular weight is 562 g/mol. The first kappa shape index (κ1) is 25.3. The van der Waals surface area contributed by atoms with Gasteiger partial charge in [0.2, 0.25) is 0 Å². The maximum absolute atomic E-state index is 11.7. The minimum Gasteiger partial charge on any atom is -0.484 e. The lowest BCUT2D eigenvalue weighted by Crippen LogP contribution is -2.39. The zero-order valence-electron chi connectivity index (χ0n) is 19.3. The summed E-state index contributed by atoms with van der Waals surface area (Å²) in [6.07, 6.45) is 5.47. The number of aliphatic imine (C=N–C) groups is 1. The van der Waals surface area contributed by atoms with Crippen molar-refractivity contribution in [3.05, 3.63) is 65.7 Å². The lowest BCUT2D eigenvalue weighted by molar-refractivity contribution is -0.123. The van der Waals surface area contributed by atoms with Gasteiger partial charge in [0.25, 0.3) is 5.91 Å². The van der Waals surface area contributed by atoms with Crippen LogP contribution in [0, 0.1) is 0 Å². The number of amides is 1. The highest BCUT2D eigenvalue weighted by atomic mass is 127. The Bertz CT molecular complexity index is 910. The highest BCUT2D eigenvalue weighted by Gasteiger charge is 2.43. The lowest BCUT2D eigenvalue weighted by atomic mass is 9.96. The van der Waals surface area contributed by atoms with Crippen LogP contribution in [0.4, 0.5) is 0 Å². The molecule has 0 heterocycles. The van der Waals surface area contributed by atoms with Gasteiger partial charge >= 0.3 is 0 Å². The topological polar surface area (TPSA) is 74.8 Å². The molecule has 0 saturated heterocycles. The van der Waals surface area contributed by atoms with Crippen molar-refractivity contribution in [2.24, 2.45) is 4.99 Å². The maximum atomic E-state index is 11.7. The molecule has 0 aliphatic heterocycles. The van der Waals surface area contributed by atoms with Crippen molar-refractivity contribution < 1.29 is 9.53 Å². The van der Waals surface area contributed by atoms with Crippen molar-refractivity contribution in [2.75, 3.05) is 26.2 Å². The van der Waals surface area contributed by atoms with Crippen LogP contribution in [-0.2, 0) is 16.6 Å². The molecule has 2 saturated carbocycles. The summed E-state index contributed by atoms with van der Waals surface area (Å²) in [6, 6.07) is 19.0. The van der Waals surface area contributed by atoms with Crippen LogP contribution in [0.1, 0.15) is 43.7 Å². The molecule has 0 bridgehead atoms. The number of benzene rings is 2. The molecule has 4 rings (SSSR count). The number of carbonyl (C=O) groups is 1. The molecule has 2 aliphatic carbocycles. The van der Waals surface area contributed by atoms with Gasteiger partial charge in [-0.2, -0.15) is 0 Å². The van der Waals surface area contributed by atoms with Crippen LogP contribution in [-0.4, -0.2) is 44.1 Å². The van der Waals surface area contributed by atoms with Gasteiger partial charge in [0.15, 0.2) is 12.6 Å². The predicted molar refractivity (Wildman–Crippen MR) is 144 cm³/mol. The smallest absolute Gasteiger partial charge is 0.258 e. The van der Waals surface area contributed by atoms with Crippen molar-refractivity contribution in [1.29, 1.82) is 0 Å². The Labute approximate surface area is 214 Å². The van der Waals surface area contributed by atoms with Crippen molar-refractivity contribution in [1.82, 2.24) is 16.0 Å². The summed E-state index contributed by atoms with van der Waals surface area (Å²) in [5.74, 6) is 1.55. The lowest BCUT2D eigenvalue weighted by Gasteiger charge is -2.16. The van der Waals surface area contributed by atoms with E-state index >= 15 is 0 Å². The second kappa shape index (κ2) is 12.3. The molecule has 1 amide bonds. The van der Waals surface area contributed by atoms with Crippen molar-refractivity contribution in [2.45, 2.75) is 50.5 Å². The number of carbonyl (C=O) groups excluding carboxylic acids is 1. The van der Waals surface area contributed by atoms with Crippen molar-refractivity contribution in [3.63, 3.8) is 0 Å². The van der Waals surface area contributed by atoms with Gasteiger partial charge in [-0.3, -0.25) is 9.79 Å². The van der Waals surface area contributed by atoms with E-state index in [-0.39, 0.29) is 41.9 Å². The number of rotatable bonds is 11. The SMILES string of the molecule is CCNC(=NCC1(c2ccccc2)CC1)NCCc1ccc(OCC(=O)NC2CC2)cc1.I. The van der Waals surface area contributed by atoms with E-state index in [1.54, 1.807) is 0 Å². The van der Waals surface area contributed by atoms with Gasteiger partial charge in [-0.1, -0.05) is 42.5 Å². The fourth-order valence-electron chi connectivity index (χ4n) is 3.78. The highest BCUT2D eigenvalue weighted by molar-refractivity contribution is 14.0. The standard InChI is InChI=1S/C26H34N4O2.HI/c1-2-27-25(29-19-26(15-16-26)21-6-4-3-5-7-21)28-17-14-20-8-12-23(13-9-20)32-18-24(31)30-22-10-11-22;/h3-9,12-13,22H,2,10-11,14-19H2,1H3,(H,30,31)(H2,27,28,29);1H. The van der Waals surface area contributed by atoms with Gasteiger partial charge in [0.1, 0.15) is 5.75 Å². The molecule has 0 radical (unpaired) electrons. The van der Waals surface area contributed by atoms with E-state index in [4.69, 9.17) is 9.73 Å². The number of nitrogens with zero attached hydrogens (tertiary/aromatic N) is 1. The summed E-state index contributed by atoms with van der Waals surface area (Å²) in [6.45, 7) is 4.61. The molecule has 178 valence electrons. The Balaban J connectivity index is 0.00000306. The van der Waals surface area contributed by atoms with E-state index < -0.39 is 0 Å². The van der Waals surface area contributed by atoms with Gasteiger partial charge in [0, 0.05) is 24.5 Å². The van der Waals surface area contributed by atoms with Crippen molar-refractivity contribution >= 4 is 35.8 Å². The monoisotopic (exact) mass is 562 g/mol. The first-order valence-corrected chi connectivity index (χ1v) is 11.8. The maximum Gasteiger partial charge on any atom is 0.258 e. The molecule has 7 heteroatoms. The van der Waals surface area contributed by atoms with Crippen LogP contribution in [0.5, 0.6) is 5.75 Å². The molecule has 3 N–H and O–H groups in total. The Morgan fingerprint density at radius 2 is 1.79 bits per heavy atom. The van der Waals surface area contributed by atoms with Crippen LogP contribution in [0.3, 0.4) is 0 Å². The van der Waals surface area contributed by atoms with Crippen LogP contribution >= 0.6 is 24.0 Å². The summed E-state index contributed by atoms with van der Waals surface area (Å²) in [5.41, 5.74) is 2.83. The van der Waals surface area contributed by atoms with Gasteiger partial charge in [-0.05, 0) is 62.3 Å². The number of hydrogen-bond acceptors (Lipinski definition) is 3. The molecule has 2 aromatic carbocycles. The van der Waals surface area contributed by atoms with Crippen molar-refractivity contribution in [3.8, 4) is 5.75 Å². The summed E-state index contributed by atoms with van der Waals surface area (Å²) in [4.78, 5) is 16.6. The number of hydrogen-bond donors (Lipinski definition) is 3. The first-order valence-electron chi connectivity index (χ1n) is 11.8. The van der Waals surface area contributed by atoms with Crippen LogP contribution in [0.2, 0.25) is 0 Å². The Morgan fingerprint density at radius 3 is 2.42 bits per heavy atom. The normalized spacial score (nSPS) is 16.3. The van der Waals surface area contributed by atoms with Gasteiger partial charge in [-0.25, -0.2) is 0 Å². The Morgan fingerprint density at radius 1 is 1.06 bits per heavy atom. The number of ether oxygens (including phenoxy) is 1. The van der Waals surface area contributed by atoms with Crippen LogP contribution < -0.4 is 20.7 Å². The van der Waals surface area contributed by atoms with E-state index in [0.717, 1.165) is 50.6 Å². The van der Waals surface area contributed by atoms with Crippen LogP contribution in [0.25, 0.3) is 0 Å². The molecule has 6 nitrogen and oxygen atoms in total. The van der Waals surface area contributed by atoms with Gasteiger partial charge in [-0.15, -0.1) is 24.0 Å². The fourth-order valence-corrected chi connectivity index (χ4v) is 3.78. The van der Waals surface area contributed by atoms with Crippen LogP contribution in [0.15, 0.2) is 59.6 Å². The number of halogens is 1. The molecule has 2 fully saturated rings. The van der Waals surface area contributed by atoms with E-state index in [9.17, 15) is 4.79 Å². The third-order valence-electron chi connectivity index (χ3n) is 6.07.